The number of unbranched alkanes of at least 4 members (excludes halogenated alkanes) is 5. The van der Waals surface area contributed by atoms with Gasteiger partial charge in [0, 0.05) is 59.4 Å². The monoisotopic (exact) mass is 790 g/mol. The summed E-state index contributed by atoms with van der Waals surface area (Å²) in [5, 5.41) is 24.8. The van der Waals surface area contributed by atoms with E-state index in [4.69, 9.17) is 19.7 Å². The first-order chi connectivity index (χ1) is 24.0. The lowest BCUT2D eigenvalue weighted by Gasteiger charge is -2.17. The quantitative estimate of drug-likeness (QED) is 0.127. The standard InChI is InChI=1S/C41H51IN4O4/c1-8-10-11-12-13-14-17-50-25(7)35-24(6)39-37(42)38-22(4)27(15-16-34(48)49)40(46-38)28-18-33(47)36-23(5)30(44-41(28)36)19-31-26(9-2)21(3)29(43-31)20-32(35)45-39/h19-20,22,25,27,46-47H,8-18H2,1-7H3,(H,48,49)/t22-,25?,27-/m0/s1. The van der Waals surface area contributed by atoms with Crippen LogP contribution in [-0.4, -0.2) is 46.0 Å². The fourth-order valence-electron chi connectivity index (χ4n) is 8.24. The zero-order valence-corrected chi connectivity index (χ0v) is 32.8. The number of ether oxygens (including phenoxy) is 1. The van der Waals surface area contributed by atoms with E-state index in [-0.39, 0.29) is 24.4 Å². The number of carboxylic acid groups (broad SMARTS) is 1. The molecule has 3 atom stereocenters. The summed E-state index contributed by atoms with van der Waals surface area (Å²) in [7, 11) is 0. The van der Waals surface area contributed by atoms with E-state index < -0.39 is 5.97 Å². The van der Waals surface area contributed by atoms with E-state index in [1.165, 1.54) is 37.7 Å². The molecule has 3 N–H and O–H groups in total. The minimum atomic E-state index is -0.815. The van der Waals surface area contributed by atoms with Crippen LogP contribution in [0.3, 0.4) is 0 Å². The zero-order valence-electron chi connectivity index (χ0n) is 30.6. The molecule has 0 radical (unpaired) electrons. The fraction of sp³-hybridized carbons (Fsp3) is 0.512. The van der Waals surface area contributed by atoms with E-state index in [9.17, 15) is 15.0 Å². The smallest absolute Gasteiger partial charge is 0.303 e. The highest BCUT2D eigenvalue weighted by Gasteiger charge is 2.42. The molecule has 1 unspecified atom stereocenters. The topological polar surface area (TPSA) is 116 Å². The number of aliphatic hydroxyl groups is 1. The second kappa shape index (κ2) is 15.1. The average molecular weight is 791 g/mol. The summed E-state index contributed by atoms with van der Waals surface area (Å²) in [6.45, 7) is 15.7. The van der Waals surface area contributed by atoms with Gasteiger partial charge in [0.05, 0.1) is 43.9 Å². The van der Waals surface area contributed by atoms with E-state index in [1.54, 1.807) is 0 Å². The van der Waals surface area contributed by atoms with Crippen molar-refractivity contribution in [2.75, 3.05) is 6.61 Å². The lowest BCUT2D eigenvalue weighted by Crippen LogP contribution is -2.16. The third-order valence-corrected chi connectivity index (χ3v) is 12.2. The summed E-state index contributed by atoms with van der Waals surface area (Å²) < 4.78 is 7.53. The Morgan fingerprint density at radius 1 is 0.980 bits per heavy atom. The van der Waals surface area contributed by atoms with Crippen LogP contribution in [0.15, 0.2) is 104 Å². The first-order valence-corrected chi connectivity index (χ1v) is 19.5. The molecule has 0 amide bonds. The van der Waals surface area contributed by atoms with Crippen molar-refractivity contribution in [3.8, 4) is 0 Å². The lowest BCUT2D eigenvalue weighted by atomic mass is 9.86. The van der Waals surface area contributed by atoms with Crippen LogP contribution in [0.4, 0.5) is 0 Å². The molecule has 8 bridgehead atoms. The molecule has 50 heavy (non-hydrogen) atoms. The minimum Gasteiger partial charge on any atom is -0.511 e. The van der Waals surface area contributed by atoms with Gasteiger partial charge in [0.25, 0.3) is 0 Å². The molecule has 1 fully saturated rings. The predicted molar refractivity (Wildman–Crippen MR) is 211 cm³/mol. The Morgan fingerprint density at radius 2 is 1.72 bits per heavy atom. The van der Waals surface area contributed by atoms with Gasteiger partial charge in [0.15, 0.2) is 0 Å². The first-order valence-electron chi connectivity index (χ1n) is 18.5. The normalized spacial score (nSPS) is 23.6. The van der Waals surface area contributed by atoms with Crippen LogP contribution < -0.4 is 5.32 Å². The number of hydrogen-bond donors (Lipinski definition) is 3. The summed E-state index contributed by atoms with van der Waals surface area (Å²) in [5.41, 5.74) is 14.3. The molecule has 266 valence electrons. The molecule has 5 heterocycles. The number of nitrogens with zero attached hydrogens (tertiary/aromatic N) is 3. The van der Waals surface area contributed by atoms with Gasteiger partial charge in [-0.3, -0.25) is 4.79 Å². The fourth-order valence-corrected chi connectivity index (χ4v) is 9.39. The number of aliphatic carboxylic acids is 1. The van der Waals surface area contributed by atoms with Crippen molar-refractivity contribution in [1.82, 2.24) is 5.32 Å². The number of carbonyl (C=O) groups is 1. The van der Waals surface area contributed by atoms with Crippen molar-refractivity contribution in [2.24, 2.45) is 26.8 Å². The van der Waals surface area contributed by atoms with Gasteiger partial charge >= 0.3 is 5.97 Å². The molecule has 5 aliphatic heterocycles. The Labute approximate surface area is 310 Å². The van der Waals surface area contributed by atoms with Crippen LogP contribution in [0, 0.1) is 11.8 Å². The van der Waals surface area contributed by atoms with E-state index in [0.29, 0.717) is 25.2 Å². The van der Waals surface area contributed by atoms with Gasteiger partial charge in [0.2, 0.25) is 0 Å². The van der Waals surface area contributed by atoms with Gasteiger partial charge in [-0.1, -0.05) is 52.9 Å². The molecule has 0 saturated carbocycles. The van der Waals surface area contributed by atoms with Gasteiger partial charge in [-0.25, -0.2) is 15.0 Å². The SMILES string of the molecule is CCCCCCCCOC(C)C1=C(C)C2=NC1=CC1=NC(=CC3=C(C)C4=C(O)CC(=C5NC(=C2I)[C@@H](C)[C@@H]5CCC(=O)O)C4=N3)C(CC)=C1C. The number of carboxylic acids is 1. The number of rotatable bonds is 13. The van der Waals surface area contributed by atoms with Crippen molar-refractivity contribution >= 4 is 45.7 Å². The summed E-state index contributed by atoms with van der Waals surface area (Å²) >= 11 is 2.42. The molecule has 0 aromatic heterocycles. The number of hydrogen-bond acceptors (Lipinski definition) is 7. The minimum absolute atomic E-state index is 0.00862. The third-order valence-electron chi connectivity index (χ3n) is 11.1. The maximum atomic E-state index is 11.8. The van der Waals surface area contributed by atoms with Gasteiger partial charge in [0.1, 0.15) is 5.76 Å². The van der Waals surface area contributed by atoms with E-state index in [2.05, 4.69) is 81.6 Å². The molecule has 0 spiro atoms. The second-order valence-corrected chi connectivity index (χ2v) is 15.4. The number of aliphatic imine (C=N–C) groups is 3. The Bertz CT molecular complexity index is 1860. The maximum Gasteiger partial charge on any atom is 0.303 e. The Kier molecular flexibility index (Phi) is 11.0. The average Bonchev–Trinajstić information content (AvgIpc) is 3.84. The van der Waals surface area contributed by atoms with Crippen LogP contribution >= 0.6 is 22.6 Å². The third kappa shape index (κ3) is 6.72. The predicted octanol–water partition coefficient (Wildman–Crippen LogP) is 10.1. The highest BCUT2D eigenvalue weighted by molar-refractivity contribution is 14.1. The van der Waals surface area contributed by atoms with Crippen molar-refractivity contribution < 1.29 is 19.7 Å². The molecule has 0 aromatic carbocycles. The number of allylic oxidation sites excluding steroid dienone is 11. The van der Waals surface area contributed by atoms with Crippen molar-refractivity contribution in [2.45, 2.75) is 119 Å². The number of fused-ring (bicyclic) bond motifs is 5. The Morgan fingerprint density at radius 3 is 2.44 bits per heavy atom. The van der Waals surface area contributed by atoms with Gasteiger partial charge in [-0.15, -0.1) is 0 Å². The zero-order chi connectivity index (χ0) is 35.9. The van der Waals surface area contributed by atoms with Crippen LogP contribution in [0.2, 0.25) is 0 Å². The van der Waals surface area contributed by atoms with Crippen molar-refractivity contribution in [3.63, 3.8) is 0 Å². The Hall–Kier alpha value is -3.31. The number of nitrogens with one attached hydrogen (secondary N) is 1. The van der Waals surface area contributed by atoms with Crippen LogP contribution in [0.5, 0.6) is 0 Å². The first kappa shape index (κ1) is 36.5. The molecular formula is C41H51IN4O4. The maximum absolute atomic E-state index is 11.8. The largest absolute Gasteiger partial charge is 0.511 e. The molecule has 1 saturated heterocycles. The summed E-state index contributed by atoms with van der Waals surface area (Å²) in [5.74, 6) is -0.576. The highest BCUT2D eigenvalue weighted by atomic mass is 127. The molecule has 8 nitrogen and oxygen atoms in total. The molecule has 1 aliphatic carbocycles. The van der Waals surface area contributed by atoms with Gasteiger partial charge in [-0.2, -0.15) is 0 Å². The van der Waals surface area contributed by atoms with E-state index in [1.807, 2.05) is 6.92 Å². The molecule has 6 rings (SSSR count). The highest BCUT2D eigenvalue weighted by Crippen LogP contribution is 2.48. The molecule has 0 aromatic rings. The number of halogens is 1. The van der Waals surface area contributed by atoms with E-state index in [0.717, 1.165) is 95.5 Å². The summed E-state index contributed by atoms with van der Waals surface area (Å²) in [6.07, 6.45) is 13.0. The summed E-state index contributed by atoms with van der Waals surface area (Å²) in [4.78, 5) is 27.5. The molecular weight excluding hydrogens is 739 g/mol. The Balaban J connectivity index is 1.49. The van der Waals surface area contributed by atoms with Gasteiger partial charge < -0.3 is 20.3 Å². The van der Waals surface area contributed by atoms with Gasteiger partial charge in [-0.05, 0) is 104 Å². The second-order valence-electron chi connectivity index (χ2n) is 14.3. The van der Waals surface area contributed by atoms with Crippen LogP contribution in [0.1, 0.15) is 113 Å². The van der Waals surface area contributed by atoms with E-state index >= 15 is 0 Å². The van der Waals surface area contributed by atoms with Crippen molar-refractivity contribution in [3.05, 3.63) is 89.0 Å². The van der Waals surface area contributed by atoms with Crippen molar-refractivity contribution in [1.29, 1.82) is 0 Å². The molecule has 6 aliphatic rings. The molecule has 9 heteroatoms. The number of aliphatic hydroxyl groups excluding tert-OH is 1. The lowest BCUT2D eigenvalue weighted by molar-refractivity contribution is -0.137. The van der Waals surface area contributed by atoms with Crippen LogP contribution in [-0.2, 0) is 9.53 Å². The van der Waals surface area contributed by atoms with Crippen LogP contribution in [0.25, 0.3) is 0 Å². The summed E-state index contributed by atoms with van der Waals surface area (Å²) in [6, 6.07) is 0.